The number of rotatable bonds is 6. The van der Waals surface area contributed by atoms with Crippen molar-refractivity contribution in [3.8, 4) is 10.8 Å². The Hall–Kier alpha value is -3.18. The van der Waals surface area contributed by atoms with E-state index in [0.29, 0.717) is 23.1 Å². The third-order valence-corrected chi connectivity index (χ3v) is 5.34. The fourth-order valence-electron chi connectivity index (χ4n) is 2.08. The lowest BCUT2D eigenvalue weighted by atomic mass is 10.4. The molecule has 9 nitrogen and oxygen atoms in total. The Kier molecular flexibility index (Phi) is 6.40. The van der Waals surface area contributed by atoms with Crippen molar-refractivity contribution >= 4 is 40.6 Å². The van der Waals surface area contributed by atoms with E-state index >= 15 is 0 Å². The second kappa shape index (κ2) is 9.15. The fourth-order valence-corrected chi connectivity index (χ4v) is 3.63. The molecular weight excluding hydrogens is 402 g/mol. The fraction of sp³-hybridized carbons (Fsp3) is 0.176. The molecule has 0 spiro atoms. The van der Waals surface area contributed by atoms with Crippen molar-refractivity contribution in [3.63, 3.8) is 0 Å². The van der Waals surface area contributed by atoms with Crippen LogP contribution in [0.3, 0.4) is 0 Å². The highest BCUT2D eigenvalue weighted by Gasteiger charge is 2.20. The molecule has 0 aromatic carbocycles. The molecule has 3 heterocycles. The number of hydrogen-bond donors (Lipinski definition) is 2. The van der Waals surface area contributed by atoms with Crippen molar-refractivity contribution in [1.29, 1.82) is 0 Å². The van der Waals surface area contributed by atoms with E-state index in [1.807, 2.05) is 17.5 Å². The molecule has 0 radical (unpaired) electrons. The Morgan fingerprint density at radius 2 is 1.96 bits per heavy atom. The van der Waals surface area contributed by atoms with Crippen LogP contribution in [0.1, 0.15) is 20.2 Å². The number of nitrogens with one attached hydrogen (secondary N) is 2. The van der Waals surface area contributed by atoms with E-state index < -0.39 is 24.5 Å². The molecule has 0 unspecified atom stereocenters. The minimum atomic E-state index is -0.731. The summed E-state index contributed by atoms with van der Waals surface area (Å²) < 4.78 is 4.97. The van der Waals surface area contributed by atoms with Gasteiger partial charge in [-0.2, -0.15) is 0 Å². The average molecular weight is 417 g/mol. The molecule has 0 saturated carbocycles. The van der Waals surface area contributed by atoms with Crippen LogP contribution >= 0.6 is 22.7 Å². The molecule has 2 N–H and O–H groups in total. The maximum Gasteiger partial charge on any atom is 0.350 e. The van der Waals surface area contributed by atoms with Gasteiger partial charge in [-0.05, 0) is 24.4 Å². The lowest BCUT2D eigenvalue weighted by Gasteiger charge is -2.06. The number of thiazole rings is 1. The van der Waals surface area contributed by atoms with E-state index in [-0.39, 0.29) is 4.88 Å². The van der Waals surface area contributed by atoms with Gasteiger partial charge in [-0.15, -0.1) is 22.7 Å². The van der Waals surface area contributed by atoms with Gasteiger partial charge < -0.3 is 10.1 Å². The summed E-state index contributed by atoms with van der Waals surface area (Å²) in [5.41, 5.74) is 0.451. The van der Waals surface area contributed by atoms with E-state index in [1.54, 1.807) is 25.4 Å². The zero-order chi connectivity index (χ0) is 19.9. The minimum absolute atomic E-state index is 0.248. The van der Waals surface area contributed by atoms with E-state index in [0.717, 1.165) is 16.2 Å². The first-order valence-electron chi connectivity index (χ1n) is 8.05. The number of imide groups is 1. The van der Waals surface area contributed by atoms with E-state index in [4.69, 9.17) is 4.74 Å². The van der Waals surface area contributed by atoms with Crippen LogP contribution in [0, 0.1) is 6.92 Å². The van der Waals surface area contributed by atoms with Crippen LogP contribution < -0.4 is 10.6 Å². The van der Waals surface area contributed by atoms with Crippen LogP contribution in [0.2, 0.25) is 0 Å². The zero-order valence-electron chi connectivity index (χ0n) is 14.7. The molecule has 3 aromatic rings. The molecule has 144 valence electrons. The number of esters is 1. The number of nitrogens with zero attached hydrogens (tertiary/aromatic N) is 3. The monoisotopic (exact) mass is 417 g/mol. The molecule has 0 saturated heterocycles. The summed E-state index contributed by atoms with van der Waals surface area (Å²) in [5.74, 6) is -1.04. The number of aryl methyl sites for hydroxylation is 1. The molecule has 3 amide bonds. The highest BCUT2D eigenvalue weighted by Crippen LogP contribution is 2.25. The first kappa shape index (κ1) is 19.6. The molecule has 3 rings (SSSR count). The minimum Gasteiger partial charge on any atom is -0.451 e. The Labute approximate surface area is 167 Å². The summed E-state index contributed by atoms with van der Waals surface area (Å²) in [7, 11) is 0. The summed E-state index contributed by atoms with van der Waals surface area (Å²) in [6, 6.07) is 4.74. The van der Waals surface area contributed by atoms with Crippen LogP contribution in [0.25, 0.3) is 10.8 Å². The topological polar surface area (TPSA) is 123 Å². The van der Waals surface area contributed by atoms with Gasteiger partial charge in [0.15, 0.2) is 17.4 Å². The number of urea groups is 1. The SMILES string of the molecule is Cc1nc(-c2ncccn2)sc1C(=O)OCC(=O)NC(=O)NCc1cccs1. The highest BCUT2D eigenvalue weighted by atomic mass is 32.1. The number of amides is 3. The lowest BCUT2D eigenvalue weighted by molar-refractivity contribution is -0.123. The van der Waals surface area contributed by atoms with Gasteiger partial charge >= 0.3 is 12.0 Å². The first-order chi connectivity index (χ1) is 13.5. The number of carbonyl (C=O) groups excluding carboxylic acids is 3. The third kappa shape index (κ3) is 5.18. The number of carbonyl (C=O) groups is 3. The Bertz CT molecular complexity index is 973. The van der Waals surface area contributed by atoms with Crippen LogP contribution in [0.15, 0.2) is 36.0 Å². The first-order valence-corrected chi connectivity index (χ1v) is 9.74. The summed E-state index contributed by atoms with van der Waals surface area (Å²) in [6.07, 6.45) is 3.15. The van der Waals surface area contributed by atoms with E-state index in [1.165, 1.54) is 11.3 Å². The molecule has 28 heavy (non-hydrogen) atoms. The Balaban J connectivity index is 1.49. The lowest BCUT2D eigenvalue weighted by Crippen LogP contribution is -2.41. The van der Waals surface area contributed by atoms with Crippen molar-refractivity contribution in [3.05, 3.63) is 51.4 Å². The quantitative estimate of drug-likeness (QED) is 0.589. The van der Waals surface area contributed by atoms with E-state index in [2.05, 4.69) is 25.6 Å². The van der Waals surface area contributed by atoms with Crippen molar-refractivity contribution < 1.29 is 19.1 Å². The molecular formula is C17H15N5O4S2. The van der Waals surface area contributed by atoms with Crippen LogP contribution in [-0.2, 0) is 16.1 Å². The standard InChI is InChI=1S/C17H15N5O4S2/c1-10-13(28-15(21-10)14-18-5-3-6-19-14)16(24)26-9-12(23)22-17(25)20-8-11-4-2-7-27-11/h2-7H,8-9H2,1H3,(H2,20,22,23,25). The van der Waals surface area contributed by atoms with Gasteiger partial charge in [-0.25, -0.2) is 24.5 Å². The van der Waals surface area contributed by atoms with Crippen molar-refractivity contribution in [2.45, 2.75) is 13.5 Å². The van der Waals surface area contributed by atoms with Crippen molar-refractivity contribution in [2.75, 3.05) is 6.61 Å². The van der Waals surface area contributed by atoms with Gasteiger partial charge in [-0.3, -0.25) is 10.1 Å². The Morgan fingerprint density at radius 3 is 2.68 bits per heavy atom. The maximum atomic E-state index is 12.2. The normalized spacial score (nSPS) is 10.3. The molecule has 11 heteroatoms. The van der Waals surface area contributed by atoms with Crippen LogP contribution in [-0.4, -0.2) is 39.5 Å². The van der Waals surface area contributed by atoms with Gasteiger partial charge in [0.2, 0.25) is 0 Å². The van der Waals surface area contributed by atoms with E-state index in [9.17, 15) is 14.4 Å². The van der Waals surface area contributed by atoms with Gasteiger partial charge in [0.25, 0.3) is 5.91 Å². The number of hydrogen-bond acceptors (Lipinski definition) is 9. The van der Waals surface area contributed by atoms with Gasteiger partial charge in [0, 0.05) is 17.3 Å². The Morgan fingerprint density at radius 1 is 1.18 bits per heavy atom. The van der Waals surface area contributed by atoms with Gasteiger partial charge in [0.1, 0.15) is 4.88 Å². The molecule has 0 atom stereocenters. The third-order valence-electron chi connectivity index (χ3n) is 3.33. The predicted molar refractivity (Wildman–Crippen MR) is 103 cm³/mol. The molecule has 3 aromatic heterocycles. The average Bonchev–Trinajstić information content (AvgIpc) is 3.35. The second-order valence-electron chi connectivity index (χ2n) is 5.39. The van der Waals surface area contributed by atoms with Crippen LogP contribution in [0.4, 0.5) is 4.79 Å². The van der Waals surface area contributed by atoms with Gasteiger partial charge in [0.05, 0.1) is 12.2 Å². The highest BCUT2D eigenvalue weighted by molar-refractivity contribution is 7.17. The predicted octanol–water partition coefficient (Wildman–Crippen LogP) is 2.15. The maximum absolute atomic E-state index is 12.2. The van der Waals surface area contributed by atoms with Gasteiger partial charge in [-0.1, -0.05) is 6.07 Å². The molecule has 0 aliphatic rings. The number of ether oxygens (including phenoxy) is 1. The summed E-state index contributed by atoms with van der Waals surface area (Å²) in [4.78, 5) is 49.3. The van der Waals surface area contributed by atoms with Crippen molar-refractivity contribution in [2.24, 2.45) is 0 Å². The van der Waals surface area contributed by atoms with Crippen molar-refractivity contribution in [1.82, 2.24) is 25.6 Å². The van der Waals surface area contributed by atoms with Crippen LogP contribution in [0.5, 0.6) is 0 Å². The molecule has 0 aliphatic carbocycles. The summed E-state index contributed by atoms with van der Waals surface area (Å²) in [6.45, 7) is 1.37. The largest absolute Gasteiger partial charge is 0.451 e. The number of aromatic nitrogens is 3. The number of thiophene rings is 1. The zero-order valence-corrected chi connectivity index (χ0v) is 16.3. The summed E-state index contributed by atoms with van der Waals surface area (Å²) in [5, 5.41) is 7.00. The molecule has 0 fully saturated rings. The second-order valence-corrected chi connectivity index (χ2v) is 7.42. The summed E-state index contributed by atoms with van der Waals surface area (Å²) >= 11 is 2.56. The molecule has 0 bridgehead atoms. The molecule has 0 aliphatic heterocycles. The smallest absolute Gasteiger partial charge is 0.350 e.